The van der Waals surface area contributed by atoms with Crippen LogP contribution in [0.15, 0.2) is 23.1 Å². The Balaban J connectivity index is 1.84. The number of ether oxygens (including phenoxy) is 1. The summed E-state index contributed by atoms with van der Waals surface area (Å²) in [7, 11) is -2.43. The van der Waals surface area contributed by atoms with Gasteiger partial charge in [-0.05, 0) is 49.3 Å². The molecule has 1 aromatic rings. The highest BCUT2D eigenvalue weighted by molar-refractivity contribution is 7.89. The largest absolute Gasteiger partial charge is 0.465 e. The van der Waals surface area contributed by atoms with Gasteiger partial charge in [0.15, 0.2) is 0 Å². The summed E-state index contributed by atoms with van der Waals surface area (Å²) in [6.45, 7) is 0. The van der Waals surface area contributed by atoms with E-state index in [1.165, 1.54) is 31.7 Å². The second kappa shape index (κ2) is 5.83. The minimum atomic E-state index is -3.66. The minimum absolute atomic E-state index is 0.000930. The van der Waals surface area contributed by atoms with Gasteiger partial charge in [-0.1, -0.05) is 18.0 Å². The number of benzene rings is 1. The molecule has 3 unspecified atom stereocenters. The molecule has 3 rings (SSSR count). The van der Waals surface area contributed by atoms with E-state index >= 15 is 0 Å². The van der Waals surface area contributed by atoms with Crippen LogP contribution in [0.1, 0.15) is 36.0 Å². The lowest BCUT2D eigenvalue weighted by Crippen LogP contribution is -2.38. The number of nitrogens with one attached hydrogen (secondary N) is 1. The van der Waals surface area contributed by atoms with Crippen LogP contribution in [-0.4, -0.2) is 27.5 Å². The second-order valence-corrected chi connectivity index (χ2v) is 8.16. The van der Waals surface area contributed by atoms with Crippen molar-refractivity contribution in [3.8, 4) is 0 Å². The van der Waals surface area contributed by atoms with Crippen molar-refractivity contribution in [2.45, 2.75) is 36.6 Å². The first kappa shape index (κ1) is 15.8. The summed E-state index contributed by atoms with van der Waals surface area (Å²) in [6, 6.07) is 4.08. The van der Waals surface area contributed by atoms with Crippen molar-refractivity contribution in [3.05, 3.63) is 28.8 Å². The lowest BCUT2D eigenvalue weighted by molar-refractivity contribution is 0.0600. The summed E-state index contributed by atoms with van der Waals surface area (Å²) in [4.78, 5) is 11.7. The van der Waals surface area contributed by atoms with E-state index in [2.05, 4.69) is 9.46 Å². The fourth-order valence-corrected chi connectivity index (χ4v) is 5.13. The molecule has 0 saturated heterocycles. The highest BCUT2D eigenvalue weighted by Crippen LogP contribution is 2.44. The molecule has 2 fully saturated rings. The molecular formula is C15H18ClNO4S. The molecule has 0 heterocycles. The monoisotopic (exact) mass is 343 g/mol. The number of fused-ring (bicyclic) bond motifs is 2. The number of sulfonamides is 1. The van der Waals surface area contributed by atoms with Gasteiger partial charge in [-0.3, -0.25) is 0 Å². The zero-order valence-electron chi connectivity index (χ0n) is 12.2. The summed E-state index contributed by atoms with van der Waals surface area (Å²) >= 11 is 5.93. The molecule has 2 aliphatic carbocycles. The SMILES string of the molecule is COC(=O)c1cc(S(=O)(=O)NC2CC3CCC2C3)ccc1Cl. The van der Waals surface area contributed by atoms with Gasteiger partial charge in [0.25, 0.3) is 0 Å². The Bertz CT molecular complexity index is 703. The number of hydrogen-bond acceptors (Lipinski definition) is 4. The van der Waals surface area contributed by atoms with Gasteiger partial charge in [-0.25, -0.2) is 17.9 Å². The van der Waals surface area contributed by atoms with Crippen LogP contribution < -0.4 is 4.72 Å². The number of halogens is 1. The Morgan fingerprint density at radius 1 is 1.32 bits per heavy atom. The van der Waals surface area contributed by atoms with Crippen molar-refractivity contribution in [3.63, 3.8) is 0 Å². The summed E-state index contributed by atoms with van der Waals surface area (Å²) < 4.78 is 32.5. The quantitative estimate of drug-likeness (QED) is 0.853. The molecule has 0 spiro atoms. The fourth-order valence-electron chi connectivity index (χ4n) is 3.59. The van der Waals surface area contributed by atoms with Gasteiger partial charge >= 0.3 is 5.97 Å². The number of esters is 1. The third kappa shape index (κ3) is 2.87. The normalized spacial score (nSPS) is 27.1. The third-order valence-corrected chi connectivity index (χ3v) is 6.52. The van der Waals surface area contributed by atoms with Crippen molar-refractivity contribution >= 4 is 27.6 Å². The van der Waals surface area contributed by atoms with E-state index in [0.29, 0.717) is 11.8 Å². The molecule has 0 aromatic heterocycles. The van der Waals surface area contributed by atoms with Crippen LogP contribution in [0.3, 0.4) is 0 Å². The van der Waals surface area contributed by atoms with E-state index in [4.69, 9.17) is 11.6 Å². The number of hydrogen-bond donors (Lipinski definition) is 1. The molecule has 2 saturated carbocycles. The molecule has 5 nitrogen and oxygen atoms in total. The predicted molar refractivity (Wildman–Crippen MR) is 82.3 cm³/mol. The molecule has 0 amide bonds. The first-order valence-corrected chi connectivity index (χ1v) is 9.17. The van der Waals surface area contributed by atoms with Crippen LogP contribution in [-0.2, 0) is 14.8 Å². The molecule has 2 bridgehead atoms. The molecule has 3 atom stereocenters. The van der Waals surface area contributed by atoms with Crippen LogP contribution in [0.5, 0.6) is 0 Å². The maximum atomic E-state index is 12.5. The maximum absolute atomic E-state index is 12.5. The summed E-state index contributed by atoms with van der Waals surface area (Å²) in [5.74, 6) is 0.433. The first-order valence-electron chi connectivity index (χ1n) is 7.31. The molecule has 0 radical (unpaired) electrons. The van der Waals surface area contributed by atoms with Crippen LogP contribution in [0, 0.1) is 11.8 Å². The molecule has 1 N–H and O–H groups in total. The minimum Gasteiger partial charge on any atom is -0.465 e. The van der Waals surface area contributed by atoms with Gasteiger partial charge in [0.1, 0.15) is 0 Å². The van der Waals surface area contributed by atoms with Crippen LogP contribution >= 0.6 is 11.6 Å². The lowest BCUT2D eigenvalue weighted by Gasteiger charge is -2.22. The lowest BCUT2D eigenvalue weighted by atomic mass is 9.96. The Morgan fingerprint density at radius 3 is 2.68 bits per heavy atom. The van der Waals surface area contributed by atoms with Gasteiger partial charge < -0.3 is 4.74 Å². The number of rotatable bonds is 4. The molecule has 22 heavy (non-hydrogen) atoms. The maximum Gasteiger partial charge on any atom is 0.339 e. The van der Waals surface area contributed by atoms with Crippen molar-refractivity contribution in [2.24, 2.45) is 11.8 Å². The smallest absolute Gasteiger partial charge is 0.339 e. The average Bonchev–Trinajstić information content (AvgIpc) is 3.08. The van der Waals surface area contributed by atoms with Gasteiger partial charge in [0.05, 0.1) is 22.6 Å². The summed E-state index contributed by atoms with van der Waals surface area (Å²) in [5.41, 5.74) is 0.0555. The molecule has 1 aromatic carbocycles. The number of carbonyl (C=O) groups is 1. The van der Waals surface area contributed by atoms with Crippen LogP contribution in [0.25, 0.3) is 0 Å². The van der Waals surface area contributed by atoms with E-state index in [-0.39, 0.29) is 21.5 Å². The first-order chi connectivity index (χ1) is 10.4. The zero-order valence-corrected chi connectivity index (χ0v) is 13.8. The summed E-state index contributed by atoms with van der Waals surface area (Å²) in [5, 5.41) is 0.172. The Morgan fingerprint density at radius 2 is 2.09 bits per heavy atom. The van der Waals surface area contributed by atoms with Gasteiger partial charge in [0.2, 0.25) is 10.0 Å². The van der Waals surface area contributed by atoms with E-state index in [1.807, 2.05) is 0 Å². The fraction of sp³-hybridized carbons (Fsp3) is 0.533. The standard InChI is InChI=1S/C15H18ClNO4S/c1-21-15(18)12-8-11(4-5-13(12)16)22(19,20)17-14-7-9-2-3-10(14)6-9/h4-5,8-10,14,17H,2-3,6-7H2,1H3. The number of methoxy groups -OCH3 is 1. The zero-order chi connectivity index (χ0) is 15.9. The topological polar surface area (TPSA) is 72.5 Å². The molecule has 0 aliphatic heterocycles. The van der Waals surface area contributed by atoms with Gasteiger partial charge in [-0.15, -0.1) is 0 Å². The second-order valence-electron chi connectivity index (χ2n) is 6.04. The highest BCUT2D eigenvalue weighted by atomic mass is 35.5. The molecule has 2 aliphatic rings. The Kier molecular flexibility index (Phi) is 4.18. The van der Waals surface area contributed by atoms with Gasteiger partial charge in [0, 0.05) is 6.04 Å². The van der Waals surface area contributed by atoms with E-state index < -0.39 is 16.0 Å². The van der Waals surface area contributed by atoms with E-state index in [0.717, 1.165) is 19.3 Å². The van der Waals surface area contributed by atoms with Gasteiger partial charge in [-0.2, -0.15) is 0 Å². The van der Waals surface area contributed by atoms with E-state index in [1.54, 1.807) is 0 Å². The number of carbonyl (C=O) groups excluding carboxylic acids is 1. The van der Waals surface area contributed by atoms with Crippen LogP contribution in [0.2, 0.25) is 5.02 Å². The van der Waals surface area contributed by atoms with Crippen molar-refractivity contribution in [1.82, 2.24) is 4.72 Å². The van der Waals surface area contributed by atoms with Crippen molar-refractivity contribution in [2.75, 3.05) is 7.11 Å². The Hall–Kier alpha value is -1.11. The highest BCUT2D eigenvalue weighted by Gasteiger charge is 2.41. The molecule has 120 valence electrons. The predicted octanol–water partition coefficient (Wildman–Crippen LogP) is 2.59. The third-order valence-electron chi connectivity index (χ3n) is 4.70. The van der Waals surface area contributed by atoms with E-state index in [9.17, 15) is 13.2 Å². The van der Waals surface area contributed by atoms with Crippen LogP contribution in [0.4, 0.5) is 0 Å². The molecular weight excluding hydrogens is 326 g/mol. The van der Waals surface area contributed by atoms with Crippen molar-refractivity contribution in [1.29, 1.82) is 0 Å². The van der Waals surface area contributed by atoms with Crippen molar-refractivity contribution < 1.29 is 17.9 Å². The molecule has 7 heteroatoms. The Labute approximate surface area is 135 Å². The average molecular weight is 344 g/mol. The summed E-state index contributed by atoms with van der Waals surface area (Å²) in [6.07, 6.45) is 4.31.